The molecule has 4 rings (SSSR count). The van der Waals surface area contributed by atoms with Crippen LogP contribution in [0.4, 0.5) is 0 Å². The number of esters is 1. The van der Waals surface area contributed by atoms with Gasteiger partial charge in [0.05, 0.1) is 12.7 Å². The van der Waals surface area contributed by atoms with Crippen LogP contribution in [-0.2, 0) is 11.3 Å². The quantitative estimate of drug-likeness (QED) is 0.471. The average Bonchev–Trinajstić information content (AvgIpc) is 2.72. The molecule has 1 aromatic heterocycles. The van der Waals surface area contributed by atoms with Crippen LogP contribution < -0.4 is 19.8 Å². The molecule has 0 amide bonds. The summed E-state index contributed by atoms with van der Waals surface area (Å²) in [7, 11) is 1.48. The fraction of sp³-hybridized carbons (Fsp3) is 0.238. The zero-order valence-corrected chi connectivity index (χ0v) is 16.5. The van der Waals surface area contributed by atoms with Crippen LogP contribution in [0.25, 0.3) is 11.0 Å². The van der Waals surface area contributed by atoms with Crippen molar-refractivity contribution >= 4 is 28.5 Å². The minimum atomic E-state index is -0.597. The number of ether oxygens (including phenoxy) is 4. The van der Waals surface area contributed by atoms with Gasteiger partial charge in [0.15, 0.2) is 11.5 Å². The van der Waals surface area contributed by atoms with E-state index >= 15 is 0 Å². The molecule has 0 bridgehead atoms. The lowest BCUT2D eigenvalue weighted by atomic mass is 10.1. The van der Waals surface area contributed by atoms with Crippen LogP contribution in [-0.4, -0.2) is 26.3 Å². The Kier molecular flexibility index (Phi) is 5.07. The first-order valence-electron chi connectivity index (χ1n) is 8.84. The van der Waals surface area contributed by atoms with Crippen LogP contribution in [0.1, 0.15) is 21.5 Å². The molecule has 8 heteroatoms. The summed E-state index contributed by atoms with van der Waals surface area (Å²) in [6, 6.07) is 7.71. The van der Waals surface area contributed by atoms with Gasteiger partial charge >= 0.3 is 11.6 Å². The Morgan fingerprint density at radius 1 is 1.14 bits per heavy atom. The molecule has 0 fully saturated rings. The molecule has 0 radical (unpaired) electrons. The molecule has 0 saturated heterocycles. The maximum Gasteiger partial charge on any atom is 0.338 e. The van der Waals surface area contributed by atoms with Gasteiger partial charge in [0.2, 0.25) is 5.75 Å². The summed E-state index contributed by atoms with van der Waals surface area (Å²) in [6.07, 6.45) is 0. The highest BCUT2D eigenvalue weighted by molar-refractivity contribution is 6.32. The number of hydrogen-bond donors (Lipinski definition) is 0. The monoisotopic (exact) mass is 416 g/mol. The lowest BCUT2D eigenvalue weighted by Crippen LogP contribution is -2.17. The van der Waals surface area contributed by atoms with E-state index in [-0.39, 0.29) is 12.2 Å². The van der Waals surface area contributed by atoms with Gasteiger partial charge < -0.3 is 23.4 Å². The molecule has 1 aliphatic rings. The Labute approximate surface area is 170 Å². The van der Waals surface area contributed by atoms with Gasteiger partial charge in [0.25, 0.3) is 0 Å². The Hall–Kier alpha value is -3.19. The third kappa shape index (κ3) is 3.73. The number of hydrogen-bond acceptors (Lipinski definition) is 7. The SMILES string of the molecule is COc1cc(C(=O)OCc2cc(=O)oc3cc(C)c(Cl)cc23)cc2c1OCCO2. The fourth-order valence-electron chi connectivity index (χ4n) is 3.09. The Morgan fingerprint density at radius 3 is 2.72 bits per heavy atom. The number of halogens is 1. The summed E-state index contributed by atoms with van der Waals surface area (Å²) >= 11 is 6.19. The molecule has 0 atom stereocenters. The van der Waals surface area contributed by atoms with Gasteiger partial charge in [-0.15, -0.1) is 0 Å². The smallest absolute Gasteiger partial charge is 0.338 e. The van der Waals surface area contributed by atoms with Crippen molar-refractivity contribution in [2.75, 3.05) is 20.3 Å². The van der Waals surface area contributed by atoms with E-state index in [1.807, 2.05) is 6.92 Å². The Balaban J connectivity index is 1.62. The molecule has 150 valence electrons. The van der Waals surface area contributed by atoms with Crippen molar-refractivity contribution in [1.29, 1.82) is 0 Å². The van der Waals surface area contributed by atoms with E-state index < -0.39 is 11.6 Å². The van der Waals surface area contributed by atoms with E-state index in [2.05, 4.69) is 0 Å². The van der Waals surface area contributed by atoms with Crippen LogP contribution in [0.5, 0.6) is 17.2 Å². The predicted octanol–water partition coefficient (Wildman–Crippen LogP) is 3.89. The maximum atomic E-state index is 12.6. The highest BCUT2D eigenvalue weighted by Crippen LogP contribution is 2.40. The van der Waals surface area contributed by atoms with Gasteiger partial charge in [0, 0.05) is 22.0 Å². The lowest BCUT2D eigenvalue weighted by molar-refractivity contribution is 0.0472. The number of methoxy groups -OCH3 is 1. The summed E-state index contributed by atoms with van der Waals surface area (Å²) in [4.78, 5) is 24.5. The van der Waals surface area contributed by atoms with E-state index in [1.165, 1.54) is 25.3 Å². The predicted molar refractivity (Wildman–Crippen MR) is 105 cm³/mol. The van der Waals surface area contributed by atoms with Crippen molar-refractivity contribution in [2.24, 2.45) is 0 Å². The molecule has 0 aliphatic carbocycles. The molecule has 29 heavy (non-hydrogen) atoms. The van der Waals surface area contributed by atoms with E-state index in [0.29, 0.717) is 52.0 Å². The van der Waals surface area contributed by atoms with E-state index in [1.54, 1.807) is 12.1 Å². The average molecular weight is 417 g/mol. The summed E-state index contributed by atoms with van der Waals surface area (Å²) in [6.45, 7) is 2.46. The van der Waals surface area contributed by atoms with E-state index in [4.69, 9.17) is 35.0 Å². The molecule has 3 aromatic rings. The lowest BCUT2D eigenvalue weighted by Gasteiger charge is -2.21. The zero-order valence-electron chi connectivity index (χ0n) is 15.7. The largest absolute Gasteiger partial charge is 0.493 e. The second-order valence-corrected chi connectivity index (χ2v) is 6.87. The molecule has 0 N–H and O–H groups in total. The zero-order chi connectivity index (χ0) is 20.5. The van der Waals surface area contributed by atoms with Crippen LogP contribution in [0.3, 0.4) is 0 Å². The van der Waals surface area contributed by atoms with Crippen molar-refractivity contribution in [2.45, 2.75) is 13.5 Å². The standard InChI is InChI=1S/C21H17ClO7/c1-11-5-16-14(9-15(11)22)13(8-19(23)29-16)10-28-21(24)12-6-17(25-2)20-18(7-12)26-3-4-27-20/h5-9H,3-4,10H2,1-2H3. The van der Waals surface area contributed by atoms with Crippen molar-refractivity contribution in [3.63, 3.8) is 0 Å². The molecule has 0 spiro atoms. The van der Waals surface area contributed by atoms with Gasteiger partial charge in [0.1, 0.15) is 25.4 Å². The first-order valence-corrected chi connectivity index (χ1v) is 9.21. The first kappa shape index (κ1) is 19.1. The molecule has 7 nitrogen and oxygen atoms in total. The van der Waals surface area contributed by atoms with Crippen LogP contribution in [0.2, 0.25) is 5.02 Å². The summed E-state index contributed by atoms with van der Waals surface area (Å²) in [5, 5.41) is 1.13. The highest BCUT2D eigenvalue weighted by Gasteiger charge is 2.22. The van der Waals surface area contributed by atoms with Gasteiger partial charge in [-0.1, -0.05) is 11.6 Å². The van der Waals surface area contributed by atoms with Crippen LogP contribution in [0, 0.1) is 6.92 Å². The van der Waals surface area contributed by atoms with Gasteiger partial charge in [-0.05, 0) is 36.8 Å². The summed E-state index contributed by atoms with van der Waals surface area (Å²) in [5.74, 6) is 0.643. The number of carbonyl (C=O) groups is 1. The number of benzene rings is 2. The second-order valence-electron chi connectivity index (χ2n) is 6.47. The number of rotatable bonds is 4. The Bertz CT molecular complexity index is 1150. The number of aryl methyl sites for hydroxylation is 1. The Morgan fingerprint density at radius 2 is 1.93 bits per heavy atom. The van der Waals surface area contributed by atoms with Crippen LogP contribution >= 0.6 is 11.6 Å². The summed E-state index contributed by atoms with van der Waals surface area (Å²) < 4.78 is 27.0. The molecular formula is C21H17ClO7. The molecule has 2 aromatic carbocycles. The molecule has 1 aliphatic heterocycles. The summed E-state index contributed by atoms with van der Waals surface area (Å²) in [5.41, 5.74) is 1.36. The van der Waals surface area contributed by atoms with Crippen molar-refractivity contribution in [1.82, 2.24) is 0 Å². The minimum absolute atomic E-state index is 0.128. The van der Waals surface area contributed by atoms with Crippen molar-refractivity contribution in [3.8, 4) is 17.2 Å². The van der Waals surface area contributed by atoms with Crippen molar-refractivity contribution in [3.05, 3.63) is 62.5 Å². The third-order valence-electron chi connectivity index (χ3n) is 4.53. The minimum Gasteiger partial charge on any atom is -0.493 e. The number of fused-ring (bicyclic) bond motifs is 2. The third-order valence-corrected chi connectivity index (χ3v) is 4.94. The van der Waals surface area contributed by atoms with Crippen LogP contribution in [0.15, 0.2) is 39.5 Å². The molecule has 0 unspecified atom stereocenters. The number of carbonyl (C=O) groups excluding carboxylic acids is 1. The molecular weight excluding hydrogens is 400 g/mol. The first-order chi connectivity index (χ1) is 14.0. The van der Waals surface area contributed by atoms with Crippen molar-refractivity contribution < 1.29 is 28.2 Å². The fourth-order valence-corrected chi connectivity index (χ4v) is 3.25. The van der Waals surface area contributed by atoms with Gasteiger partial charge in [-0.25, -0.2) is 9.59 Å². The van der Waals surface area contributed by atoms with E-state index in [0.717, 1.165) is 5.56 Å². The maximum absolute atomic E-state index is 12.6. The normalized spacial score (nSPS) is 12.7. The second kappa shape index (κ2) is 7.67. The van der Waals surface area contributed by atoms with Gasteiger partial charge in [-0.3, -0.25) is 0 Å². The molecule has 0 saturated carbocycles. The molecule has 2 heterocycles. The van der Waals surface area contributed by atoms with E-state index in [9.17, 15) is 9.59 Å². The van der Waals surface area contributed by atoms with Gasteiger partial charge in [-0.2, -0.15) is 0 Å². The topological polar surface area (TPSA) is 84.2 Å². The highest BCUT2D eigenvalue weighted by atomic mass is 35.5.